The molecule has 3 amide bonds. The molecule has 0 aliphatic carbocycles. The lowest BCUT2D eigenvalue weighted by molar-refractivity contribution is -0.139. The number of amides is 3. The molecule has 20 heavy (non-hydrogen) atoms. The highest BCUT2D eigenvalue weighted by molar-refractivity contribution is 5.83. The number of nitrogens with zero attached hydrogens (tertiary/aromatic N) is 1. The van der Waals surface area contributed by atoms with Gasteiger partial charge in [0.25, 0.3) is 0 Å². The van der Waals surface area contributed by atoms with E-state index < -0.39 is 18.0 Å². The minimum Gasteiger partial charge on any atom is -0.480 e. The molecule has 0 aromatic carbocycles. The van der Waals surface area contributed by atoms with Crippen LogP contribution in [0.1, 0.15) is 19.3 Å². The molecule has 1 aliphatic rings. The van der Waals surface area contributed by atoms with Crippen LogP contribution in [0.4, 0.5) is 4.79 Å². The fourth-order valence-corrected chi connectivity index (χ4v) is 2.18. The summed E-state index contributed by atoms with van der Waals surface area (Å²) in [5, 5.41) is 22.6. The molecule has 4 N–H and O–H groups in total. The third kappa shape index (κ3) is 4.37. The Morgan fingerprint density at radius 1 is 1.30 bits per heavy atom. The van der Waals surface area contributed by atoms with Gasteiger partial charge in [-0.05, 0) is 12.8 Å². The zero-order valence-electron chi connectivity index (χ0n) is 11.5. The molecule has 8 nitrogen and oxygen atoms in total. The Morgan fingerprint density at radius 3 is 2.35 bits per heavy atom. The molecular formula is C12H21N3O5. The number of hydrogen-bond acceptors (Lipinski definition) is 4. The van der Waals surface area contributed by atoms with Gasteiger partial charge in [0.05, 0.1) is 0 Å². The van der Waals surface area contributed by atoms with Crippen LogP contribution in [0.5, 0.6) is 0 Å². The molecule has 0 saturated carbocycles. The smallest absolute Gasteiger partial charge is 0.326 e. The summed E-state index contributed by atoms with van der Waals surface area (Å²) in [7, 11) is 1.58. The van der Waals surface area contributed by atoms with E-state index in [0.717, 1.165) is 0 Å². The molecule has 0 spiro atoms. The van der Waals surface area contributed by atoms with Crippen LogP contribution in [0.15, 0.2) is 0 Å². The van der Waals surface area contributed by atoms with E-state index in [9.17, 15) is 14.4 Å². The predicted molar refractivity (Wildman–Crippen MR) is 70.0 cm³/mol. The van der Waals surface area contributed by atoms with Crippen molar-refractivity contribution < 1.29 is 24.6 Å². The van der Waals surface area contributed by atoms with Gasteiger partial charge in [0.1, 0.15) is 6.04 Å². The minimum absolute atomic E-state index is 0.0320. The van der Waals surface area contributed by atoms with Crippen molar-refractivity contribution in [2.45, 2.75) is 25.3 Å². The SMILES string of the molecule is CNC(=O)C1CCN(C(=O)N[C@H](CCO)C(=O)O)CC1. The number of aliphatic hydroxyl groups is 1. The van der Waals surface area contributed by atoms with Crippen LogP contribution < -0.4 is 10.6 Å². The van der Waals surface area contributed by atoms with E-state index in [0.29, 0.717) is 25.9 Å². The average molecular weight is 287 g/mol. The normalized spacial score (nSPS) is 17.4. The first kappa shape index (κ1) is 16.2. The van der Waals surface area contributed by atoms with Crippen molar-refractivity contribution in [3.8, 4) is 0 Å². The van der Waals surface area contributed by atoms with Gasteiger partial charge < -0.3 is 25.7 Å². The standard InChI is InChI=1S/C12H21N3O5/c1-13-10(17)8-2-5-15(6-3-8)12(20)14-9(4-7-16)11(18)19/h8-9,16H,2-7H2,1H3,(H,13,17)(H,14,20)(H,18,19)/t9-/m1/s1. The van der Waals surface area contributed by atoms with Crippen LogP contribution in [-0.2, 0) is 9.59 Å². The van der Waals surface area contributed by atoms with E-state index in [1.807, 2.05) is 0 Å². The van der Waals surface area contributed by atoms with Crippen LogP contribution in [0.25, 0.3) is 0 Å². The number of carbonyl (C=O) groups is 3. The second kappa shape index (κ2) is 7.68. The number of carbonyl (C=O) groups excluding carboxylic acids is 2. The molecule has 8 heteroatoms. The Kier molecular flexibility index (Phi) is 6.23. The van der Waals surface area contributed by atoms with Crippen LogP contribution in [-0.4, -0.2) is 65.8 Å². The summed E-state index contributed by atoms with van der Waals surface area (Å²) in [6.07, 6.45) is 1.09. The third-order valence-corrected chi connectivity index (χ3v) is 3.41. The number of rotatable bonds is 5. The summed E-state index contributed by atoms with van der Waals surface area (Å²) < 4.78 is 0. The maximum atomic E-state index is 11.9. The maximum absolute atomic E-state index is 11.9. The zero-order chi connectivity index (χ0) is 15.1. The molecule has 0 unspecified atom stereocenters. The summed E-state index contributed by atoms with van der Waals surface area (Å²) in [5.74, 6) is -1.31. The minimum atomic E-state index is -1.17. The van der Waals surface area contributed by atoms with Gasteiger partial charge in [-0.25, -0.2) is 9.59 Å². The molecule has 114 valence electrons. The summed E-state index contributed by atoms with van der Waals surface area (Å²) >= 11 is 0. The van der Waals surface area contributed by atoms with E-state index >= 15 is 0 Å². The number of aliphatic hydroxyl groups excluding tert-OH is 1. The molecule has 1 saturated heterocycles. The number of urea groups is 1. The largest absolute Gasteiger partial charge is 0.480 e. The van der Waals surface area contributed by atoms with Gasteiger partial charge in [0.2, 0.25) is 5.91 Å². The fourth-order valence-electron chi connectivity index (χ4n) is 2.18. The molecular weight excluding hydrogens is 266 g/mol. The van der Waals surface area contributed by atoms with Crippen molar-refractivity contribution >= 4 is 17.9 Å². The highest BCUT2D eigenvalue weighted by Gasteiger charge is 2.28. The molecule has 1 fully saturated rings. The fraction of sp³-hybridized carbons (Fsp3) is 0.750. The average Bonchev–Trinajstić information content (AvgIpc) is 2.45. The lowest BCUT2D eigenvalue weighted by atomic mass is 9.96. The number of carboxylic acids is 1. The molecule has 1 rings (SSSR count). The predicted octanol–water partition coefficient (Wildman–Crippen LogP) is -1.01. The topological polar surface area (TPSA) is 119 Å². The first-order valence-electron chi connectivity index (χ1n) is 6.60. The monoisotopic (exact) mass is 287 g/mol. The van der Waals surface area contributed by atoms with Gasteiger partial charge in [-0.3, -0.25) is 4.79 Å². The first-order chi connectivity index (χ1) is 9.49. The lowest BCUT2D eigenvalue weighted by Crippen LogP contribution is -2.51. The second-order valence-corrected chi connectivity index (χ2v) is 4.73. The number of hydrogen-bond donors (Lipinski definition) is 4. The molecule has 1 heterocycles. The number of likely N-dealkylation sites (tertiary alicyclic amines) is 1. The third-order valence-electron chi connectivity index (χ3n) is 3.41. The Labute approximate surface area is 117 Å². The van der Waals surface area contributed by atoms with Gasteiger partial charge in [-0.2, -0.15) is 0 Å². The number of nitrogens with one attached hydrogen (secondary N) is 2. The Morgan fingerprint density at radius 2 is 1.90 bits per heavy atom. The molecule has 1 atom stereocenters. The maximum Gasteiger partial charge on any atom is 0.326 e. The summed E-state index contributed by atoms with van der Waals surface area (Å²) in [6.45, 7) is 0.515. The van der Waals surface area contributed by atoms with Crippen molar-refractivity contribution in [3.05, 3.63) is 0 Å². The van der Waals surface area contributed by atoms with E-state index in [4.69, 9.17) is 10.2 Å². The van der Waals surface area contributed by atoms with Gasteiger partial charge in [0, 0.05) is 39.1 Å². The molecule has 0 aromatic heterocycles. The highest BCUT2D eigenvalue weighted by atomic mass is 16.4. The van der Waals surface area contributed by atoms with Gasteiger partial charge in [-0.1, -0.05) is 0 Å². The summed E-state index contributed by atoms with van der Waals surface area (Å²) in [5.41, 5.74) is 0. The Bertz CT molecular complexity index is 366. The van der Waals surface area contributed by atoms with Crippen molar-refractivity contribution in [1.29, 1.82) is 0 Å². The van der Waals surface area contributed by atoms with E-state index in [1.165, 1.54) is 4.90 Å². The Balaban J connectivity index is 2.46. The van der Waals surface area contributed by atoms with Crippen LogP contribution >= 0.6 is 0 Å². The Hall–Kier alpha value is -1.83. The molecule has 0 bridgehead atoms. The van der Waals surface area contributed by atoms with Gasteiger partial charge in [-0.15, -0.1) is 0 Å². The first-order valence-corrected chi connectivity index (χ1v) is 6.60. The van der Waals surface area contributed by atoms with E-state index in [1.54, 1.807) is 7.05 Å². The molecule has 0 radical (unpaired) electrons. The number of piperidine rings is 1. The number of aliphatic carboxylic acids is 1. The van der Waals surface area contributed by atoms with Crippen LogP contribution in [0.2, 0.25) is 0 Å². The quantitative estimate of drug-likeness (QED) is 0.516. The number of carboxylic acid groups (broad SMARTS) is 1. The van der Waals surface area contributed by atoms with Crippen LogP contribution in [0.3, 0.4) is 0 Å². The van der Waals surface area contributed by atoms with Gasteiger partial charge in [0.15, 0.2) is 0 Å². The van der Waals surface area contributed by atoms with Crippen LogP contribution in [0, 0.1) is 5.92 Å². The van der Waals surface area contributed by atoms with Crippen molar-refractivity contribution in [2.75, 3.05) is 26.7 Å². The molecule has 0 aromatic rings. The summed E-state index contributed by atoms with van der Waals surface area (Å²) in [6, 6.07) is -1.56. The van der Waals surface area contributed by atoms with Crippen molar-refractivity contribution in [3.63, 3.8) is 0 Å². The van der Waals surface area contributed by atoms with Gasteiger partial charge >= 0.3 is 12.0 Å². The molecule has 1 aliphatic heterocycles. The van der Waals surface area contributed by atoms with Crippen molar-refractivity contribution in [1.82, 2.24) is 15.5 Å². The zero-order valence-corrected chi connectivity index (χ0v) is 11.5. The van der Waals surface area contributed by atoms with Crippen molar-refractivity contribution in [2.24, 2.45) is 5.92 Å². The second-order valence-electron chi connectivity index (χ2n) is 4.73. The van der Waals surface area contributed by atoms with E-state index in [2.05, 4.69) is 10.6 Å². The summed E-state index contributed by atoms with van der Waals surface area (Å²) in [4.78, 5) is 35.7. The van der Waals surface area contributed by atoms with E-state index in [-0.39, 0.29) is 24.9 Å². The highest BCUT2D eigenvalue weighted by Crippen LogP contribution is 2.17. The lowest BCUT2D eigenvalue weighted by Gasteiger charge is -2.31.